The number of rotatable bonds is 28. The van der Waals surface area contributed by atoms with Crippen LogP contribution in [0.3, 0.4) is 0 Å². The minimum absolute atomic E-state index is 0.0797. The largest absolute Gasteiger partial charge is 0.507 e. The maximum absolute atomic E-state index is 13.7. The lowest BCUT2D eigenvalue weighted by Crippen LogP contribution is -2.56. The molecule has 0 radical (unpaired) electrons. The molecule has 69 heavy (non-hydrogen) atoms. The normalized spacial score (nSPS) is 15.0. The lowest BCUT2D eigenvalue weighted by molar-refractivity contribution is -0.132. The first-order chi connectivity index (χ1) is 33.1. The highest BCUT2D eigenvalue weighted by Crippen LogP contribution is 2.29. The van der Waals surface area contributed by atoms with Crippen molar-refractivity contribution in [1.29, 1.82) is 5.41 Å². The molecule has 0 fully saturated rings. The van der Waals surface area contributed by atoms with E-state index < -0.39 is 17.5 Å². The van der Waals surface area contributed by atoms with E-state index in [1.165, 1.54) is 0 Å². The number of benzene rings is 3. The first-order valence-corrected chi connectivity index (χ1v) is 25.6. The number of nitrogens with two attached hydrogens (primary N) is 2. The fraction of sp³-hybridized carbons (Fsp3) is 0.444. The van der Waals surface area contributed by atoms with Crippen LogP contribution in [0.2, 0.25) is 0 Å². The van der Waals surface area contributed by atoms with E-state index in [9.17, 15) is 19.5 Å². The van der Waals surface area contributed by atoms with Crippen molar-refractivity contribution in [3.05, 3.63) is 136 Å². The molecule has 1 heterocycles. The summed E-state index contributed by atoms with van der Waals surface area (Å²) in [7, 11) is 0. The smallest absolute Gasteiger partial charge is 0.247 e. The third kappa shape index (κ3) is 17.7. The Kier molecular flexibility index (Phi) is 22.8. The molecule has 1 aliphatic rings. The molecule has 0 aliphatic carbocycles. The number of amides is 3. The van der Waals surface area contributed by atoms with Crippen LogP contribution in [0, 0.1) is 10.8 Å². The van der Waals surface area contributed by atoms with Gasteiger partial charge in [-0.15, -0.1) is 11.8 Å². The van der Waals surface area contributed by atoms with Crippen LogP contribution in [0.4, 0.5) is 0 Å². The summed E-state index contributed by atoms with van der Waals surface area (Å²) in [5.74, 6) is -0.0834. The Labute approximate surface area is 415 Å². The molecule has 4 rings (SSSR count). The number of unbranched alkanes of at least 4 members (excludes halogenated alkanes) is 6. The van der Waals surface area contributed by atoms with E-state index in [1.54, 1.807) is 42.2 Å². The highest BCUT2D eigenvalue weighted by molar-refractivity contribution is 8.07. The maximum Gasteiger partial charge on any atom is 0.247 e. The fourth-order valence-corrected chi connectivity index (χ4v) is 8.82. The van der Waals surface area contributed by atoms with E-state index in [0.717, 1.165) is 91.3 Å². The highest BCUT2D eigenvalue weighted by Gasteiger charge is 2.33. The van der Waals surface area contributed by atoms with Gasteiger partial charge in [0.2, 0.25) is 17.7 Å². The molecular weight excluding hydrogens is 885 g/mol. The molecule has 13 N–H and O–H groups in total. The van der Waals surface area contributed by atoms with Crippen LogP contribution in [0.5, 0.6) is 5.75 Å². The Bertz CT molecular complexity index is 2270. The van der Waals surface area contributed by atoms with Gasteiger partial charge >= 0.3 is 0 Å². The molecule has 3 aromatic rings. The number of carbonyl (C=O) groups excluding carboxylic acids is 3. The van der Waals surface area contributed by atoms with E-state index in [1.807, 2.05) is 70.3 Å². The van der Waals surface area contributed by atoms with Gasteiger partial charge in [0, 0.05) is 71.3 Å². The molecule has 15 heteroatoms. The van der Waals surface area contributed by atoms with Gasteiger partial charge < -0.3 is 48.6 Å². The lowest BCUT2D eigenvalue weighted by Gasteiger charge is -2.32. The van der Waals surface area contributed by atoms with Gasteiger partial charge in [-0.25, -0.2) is 0 Å². The summed E-state index contributed by atoms with van der Waals surface area (Å²) >= 11 is 1.64. The standard InChI is InChI=1S/C54H78N10O4S/c1-8-21-42(35-59-37(3)38-27-29-40(30-28-38)49(69-7)36(2)56)61-53(68)50(54(4,5)6)62-47(66)26-17-12-10-9-11-13-20-31-58-52(67)48(39-22-15-14-16-23-39)60-34-41(33-55)44-32-45(63-64-51(44)57)43-24-18-19-25-46(43)65/h14-16,18-19,22-25,27-30,32-34,37,42,48,50,55,59-60,63-65H,8-13,17,20-21,26,31,35,56-57H2,1-7H3,(H,58,67)(H,61,68)(H,62,66)/b41-34+,49-36-,55-33?/t37-,42-,48?,50+/m0/s1. The number of hydrazine groups is 1. The van der Waals surface area contributed by atoms with Crippen molar-refractivity contribution in [3.8, 4) is 5.75 Å². The molecule has 0 saturated heterocycles. The van der Waals surface area contributed by atoms with Crippen molar-refractivity contribution >= 4 is 46.3 Å². The van der Waals surface area contributed by atoms with Crippen LogP contribution in [0.1, 0.15) is 140 Å². The Hall–Kier alpha value is -6.19. The minimum Gasteiger partial charge on any atom is -0.507 e. The molecule has 4 atom stereocenters. The second-order valence-electron chi connectivity index (χ2n) is 18.8. The number of hydrogen-bond donors (Lipinski definition) is 11. The number of phenolic OH excluding ortho intramolecular Hbond substituents is 1. The number of thioether (sulfide) groups is 1. The first-order valence-electron chi connectivity index (χ1n) is 24.3. The number of hydrogen-bond acceptors (Lipinski definition) is 12. The summed E-state index contributed by atoms with van der Waals surface area (Å²) in [6.07, 6.45) is 15.1. The van der Waals surface area contributed by atoms with Gasteiger partial charge in [-0.05, 0) is 79.7 Å². The van der Waals surface area contributed by atoms with Crippen molar-refractivity contribution in [2.24, 2.45) is 16.9 Å². The van der Waals surface area contributed by atoms with Crippen LogP contribution in [-0.2, 0) is 14.4 Å². The molecular formula is C54H78N10O4S. The van der Waals surface area contributed by atoms with Gasteiger partial charge in [0.05, 0.1) is 5.70 Å². The van der Waals surface area contributed by atoms with Crippen LogP contribution in [-0.4, -0.2) is 60.5 Å². The molecule has 374 valence electrons. The fourth-order valence-electron chi connectivity index (χ4n) is 8.13. The lowest BCUT2D eigenvalue weighted by atomic mass is 9.85. The summed E-state index contributed by atoms with van der Waals surface area (Å²) in [5.41, 5.74) is 23.7. The van der Waals surface area contributed by atoms with Gasteiger partial charge in [-0.1, -0.05) is 133 Å². The van der Waals surface area contributed by atoms with Gasteiger partial charge in [0.25, 0.3) is 0 Å². The molecule has 0 spiro atoms. The van der Waals surface area contributed by atoms with Gasteiger partial charge in [-0.2, -0.15) is 0 Å². The van der Waals surface area contributed by atoms with Gasteiger partial charge in [0.1, 0.15) is 23.7 Å². The highest BCUT2D eigenvalue weighted by atomic mass is 32.2. The molecule has 1 aliphatic heterocycles. The quantitative estimate of drug-likeness (QED) is 0.0245. The Balaban J connectivity index is 1.17. The van der Waals surface area contributed by atoms with Crippen LogP contribution < -0.4 is 48.9 Å². The zero-order valence-corrected chi connectivity index (χ0v) is 42.6. The summed E-state index contributed by atoms with van der Waals surface area (Å²) in [5, 5.41) is 34.8. The van der Waals surface area contributed by atoms with E-state index in [2.05, 4.69) is 75.5 Å². The number of allylic oxidation sites excluding steroid dienone is 4. The number of nitrogens with one attached hydrogen (secondary N) is 8. The number of aromatic hydroxyl groups is 1. The average molecular weight is 963 g/mol. The minimum atomic E-state index is -0.716. The van der Waals surface area contributed by atoms with Crippen molar-refractivity contribution in [2.45, 2.75) is 130 Å². The first kappa shape index (κ1) is 55.4. The molecule has 3 aromatic carbocycles. The number of carbonyl (C=O) groups is 3. The Morgan fingerprint density at radius 3 is 2.13 bits per heavy atom. The summed E-state index contributed by atoms with van der Waals surface area (Å²) < 4.78 is 0. The SMILES string of the molecule is CCC[C@@H](CN[C@@H](C)c1ccc(/C(SC)=C(\C)N)cc1)NC(=O)[C@@H](NC(=O)CCCCCCCCCNC(=O)C(N/C=C(\C=N)C1=C(N)NNC(c2ccccc2O)=C1)c1ccccc1)C(C)(C)C. The Morgan fingerprint density at radius 1 is 0.855 bits per heavy atom. The second-order valence-corrected chi connectivity index (χ2v) is 19.6. The number of para-hydroxylation sites is 1. The van der Waals surface area contributed by atoms with Gasteiger partial charge in [-0.3, -0.25) is 25.2 Å². The van der Waals surface area contributed by atoms with E-state index in [4.69, 9.17) is 16.9 Å². The maximum atomic E-state index is 13.7. The van der Waals surface area contributed by atoms with E-state index in [-0.39, 0.29) is 41.4 Å². The summed E-state index contributed by atoms with van der Waals surface area (Å²) in [6.45, 7) is 13.2. The third-order valence-electron chi connectivity index (χ3n) is 12.1. The van der Waals surface area contributed by atoms with E-state index >= 15 is 0 Å². The molecule has 1 unspecified atom stereocenters. The van der Waals surface area contributed by atoms with Crippen molar-refractivity contribution in [1.82, 2.24) is 37.4 Å². The zero-order chi connectivity index (χ0) is 50.3. The topological polar surface area (TPSA) is 232 Å². The molecule has 0 aromatic heterocycles. The average Bonchev–Trinajstić information content (AvgIpc) is 3.32. The van der Waals surface area contributed by atoms with E-state index in [0.29, 0.717) is 41.9 Å². The molecule has 0 saturated carbocycles. The third-order valence-corrected chi connectivity index (χ3v) is 13.0. The van der Waals surface area contributed by atoms with Gasteiger partial charge in [0.15, 0.2) is 0 Å². The zero-order valence-electron chi connectivity index (χ0n) is 41.8. The van der Waals surface area contributed by atoms with Crippen molar-refractivity contribution < 1.29 is 19.5 Å². The summed E-state index contributed by atoms with van der Waals surface area (Å²) in [6, 6.07) is 23.4. The Morgan fingerprint density at radius 2 is 1.51 bits per heavy atom. The second kappa shape index (κ2) is 28.3. The number of phenols is 1. The van der Waals surface area contributed by atoms with Crippen molar-refractivity contribution in [3.63, 3.8) is 0 Å². The predicted octanol–water partition coefficient (Wildman–Crippen LogP) is 8.29. The summed E-state index contributed by atoms with van der Waals surface area (Å²) in [4.78, 5) is 41.5. The van der Waals surface area contributed by atoms with Crippen LogP contribution in [0.25, 0.3) is 10.6 Å². The monoisotopic (exact) mass is 963 g/mol. The molecule has 14 nitrogen and oxygen atoms in total. The van der Waals surface area contributed by atoms with Crippen molar-refractivity contribution in [2.75, 3.05) is 19.3 Å². The van der Waals surface area contributed by atoms with Crippen LogP contribution in [0.15, 0.2) is 114 Å². The molecule has 3 amide bonds. The van der Waals surface area contributed by atoms with Crippen LogP contribution >= 0.6 is 11.8 Å². The molecule has 0 bridgehead atoms. The predicted molar refractivity (Wildman–Crippen MR) is 284 cm³/mol.